The van der Waals surface area contributed by atoms with Crippen LogP contribution in [0.15, 0.2) is 58.3 Å². The van der Waals surface area contributed by atoms with Gasteiger partial charge in [0, 0.05) is 30.7 Å². The van der Waals surface area contributed by atoms with Crippen LogP contribution in [0.1, 0.15) is 31.2 Å². The topological polar surface area (TPSA) is 49.4 Å². The van der Waals surface area contributed by atoms with Gasteiger partial charge in [-0.05, 0) is 62.2 Å². The molecule has 2 heterocycles. The molecule has 0 aliphatic carbocycles. The summed E-state index contributed by atoms with van der Waals surface area (Å²) in [6.45, 7) is 3.22. The zero-order valence-corrected chi connectivity index (χ0v) is 15.5. The van der Waals surface area contributed by atoms with Crippen LogP contribution in [-0.4, -0.2) is 34.1 Å². The predicted octanol–water partition coefficient (Wildman–Crippen LogP) is 3.19. The molecule has 1 N–H and O–H groups in total. The Labute approximate surface area is 149 Å². The van der Waals surface area contributed by atoms with E-state index in [2.05, 4.69) is 24.2 Å². The van der Waals surface area contributed by atoms with Crippen molar-refractivity contribution in [3.05, 3.63) is 54.1 Å². The second-order valence-corrected chi connectivity index (χ2v) is 9.15. The summed E-state index contributed by atoms with van der Waals surface area (Å²) in [5.74, 6) is 0.385. The lowest BCUT2D eigenvalue weighted by Gasteiger charge is -2.25. The molecule has 0 bridgehead atoms. The van der Waals surface area contributed by atoms with E-state index in [4.69, 9.17) is 0 Å². The van der Waals surface area contributed by atoms with E-state index in [1.807, 2.05) is 18.2 Å². The standard InChI is InChI=1S/C20H24N2O2S/c1-14-12-17-18-13-16(25(23,24)15-6-4-3-5-7-15)8-9-19(18)22(2)20(17)10-11-21-14/h3-9,13-14,17,20-21H,10-12H2,1-2H3/t14?,17-,20+/m1/s1. The number of sulfone groups is 1. The summed E-state index contributed by atoms with van der Waals surface area (Å²) in [7, 11) is -1.34. The third kappa shape index (κ3) is 2.75. The third-order valence-electron chi connectivity index (χ3n) is 5.64. The molecule has 0 saturated carbocycles. The SMILES string of the molecule is CC1C[C@@H]2c3cc(S(=O)(=O)c4ccccc4)ccc3N(C)[C@H]2CCN1. The molecule has 25 heavy (non-hydrogen) atoms. The highest BCUT2D eigenvalue weighted by molar-refractivity contribution is 7.91. The molecule has 4 nitrogen and oxygen atoms in total. The van der Waals surface area contributed by atoms with E-state index >= 15 is 0 Å². The molecule has 3 atom stereocenters. The number of likely N-dealkylation sites (N-methyl/N-ethyl adjacent to an activating group) is 1. The van der Waals surface area contributed by atoms with Gasteiger partial charge in [-0.25, -0.2) is 8.42 Å². The number of fused-ring (bicyclic) bond motifs is 3. The van der Waals surface area contributed by atoms with Crippen LogP contribution < -0.4 is 10.2 Å². The van der Waals surface area contributed by atoms with Crippen molar-refractivity contribution in [1.82, 2.24) is 5.32 Å². The van der Waals surface area contributed by atoms with Crippen LogP contribution in [-0.2, 0) is 9.84 Å². The summed E-state index contributed by atoms with van der Waals surface area (Å²) in [5, 5.41) is 3.55. The molecular weight excluding hydrogens is 332 g/mol. The predicted molar refractivity (Wildman–Crippen MR) is 100.0 cm³/mol. The normalized spacial score (nSPS) is 26.0. The van der Waals surface area contributed by atoms with Crippen LogP contribution in [0.25, 0.3) is 0 Å². The minimum Gasteiger partial charge on any atom is -0.371 e. The number of benzene rings is 2. The molecule has 2 aliphatic rings. The second-order valence-electron chi connectivity index (χ2n) is 7.20. The van der Waals surface area contributed by atoms with E-state index < -0.39 is 9.84 Å². The van der Waals surface area contributed by atoms with Crippen molar-refractivity contribution in [2.45, 2.75) is 47.6 Å². The summed E-state index contributed by atoms with van der Waals surface area (Å²) < 4.78 is 26.0. The highest BCUT2D eigenvalue weighted by Gasteiger charge is 2.39. The van der Waals surface area contributed by atoms with Gasteiger partial charge in [-0.3, -0.25) is 0 Å². The first-order chi connectivity index (χ1) is 12.0. The van der Waals surface area contributed by atoms with Gasteiger partial charge < -0.3 is 10.2 Å². The van der Waals surface area contributed by atoms with Crippen molar-refractivity contribution in [1.29, 1.82) is 0 Å². The summed E-state index contributed by atoms with van der Waals surface area (Å²) in [5.41, 5.74) is 2.36. The highest BCUT2D eigenvalue weighted by atomic mass is 32.2. The van der Waals surface area contributed by atoms with Crippen LogP contribution in [0.3, 0.4) is 0 Å². The fraction of sp³-hybridized carbons (Fsp3) is 0.400. The summed E-state index contributed by atoms with van der Waals surface area (Å²) in [6, 6.07) is 15.2. The minimum absolute atomic E-state index is 0.355. The van der Waals surface area contributed by atoms with Crippen molar-refractivity contribution in [2.24, 2.45) is 0 Å². The highest BCUT2D eigenvalue weighted by Crippen LogP contribution is 2.45. The van der Waals surface area contributed by atoms with Crippen LogP contribution in [0.4, 0.5) is 5.69 Å². The first-order valence-corrected chi connectivity index (χ1v) is 10.4. The summed E-state index contributed by atoms with van der Waals surface area (Å²) in [4.78, 5) is 3.09. The Hall–Kier alpha value is -1.85. The van der Waals surface area contributed by atoms with E-state index in [0.29, 0.717) is 27.8 Å². The van der Waals surface area contributed by atoms with Gasteiger partial charge in [-0.2, -0.15) is 0 Å². The maximum atomic E-state index is 13.0. The minimum atomic E-state index is -3.47. The fourth-order valence-corrected chi connectivity index (χ4v) is 5.65. The number of rotatable bonds is 2. The van der Waals surface area contributed by atoms with E-state index in [-0.39, 0.29) is 0 Å². The number of hydrogen-bond acceptors (Lipinski definition) is 4. The maximum Gasteiger partial charge on any atom is 0.206 e. The van der Waals surface area contributed by atoms with Crippen molar-refractivity contribution in [3.63, 3.8) is 0 Å². The average Bonchev–Trinajstić information content (AvgIpc) is 2.76. The molecule has 1 fully saturated rings. The number of nitrogens with one attached hydrogen (secondary N) is 1. The molecule has 5 heteroatoms. The third-order valence-corrected chi connectivity index (χ3v) is 7.41. The fourth-order valence-electron chi connectivity index (χ4n) is 4.33. The van der Waals surface area contributed by atoms with Gasteiger partial charge in [0.2, 0.25) is 9.84 Å². The lowest BCUT2D eigenvalue weighted by molar-refractivity contribution is 0.496. The van der Waals surface area contributed by atoms with Crippen molar-refractivity contribution in [2.75, 3.05) is 18.5 Å². The molecule has 1 unspecified atom stereocenters. The molecule has 0 aromatic heterocycles. The molecule has 2 aromatic rings. The molecule has 0 radical (unpaired) electrons. The molecule has 2 aliphatic heterocycles. The second kappa shape index (κ2) is 6.15. The van der Waals surface area contributed by atoms with Gasteiger partial charge in [0.25, 0.3) is 0 Å². The molecule has 0 amide bonds. The number of anilines is 1. The Morgan fingerprint density at radius 2 is 1.84 bits per heavy atom. The van der Waals surface area contributed by atoms with Crippen molar-refractivity contribution >= 4 is 15.5 Å². The van der Waals surface area contributed by atoms with E-state index in [1.165, 1.54) is 11.3 Å². The average molecular weight is 356 g/mol. The molecular formula is C20H24N2O2S. The van der Waals surface area contributed by atoms with Crippen molar-refractivity contribution in [3.8, 4) is 0 Å². The van der Waals surface area contributed by atoms with E-state index in [9.17, 15) is 8.42 Å². The van der Waals surface area contributed by atoms with Gasteiger partial charge in [0.15, 0.2) is 0 Å². The quantitative estimate of drug-likeness (QED) is 0.898. The van der Waals surface area contributed by atoms with Gasteiger partial charge in [-0.15, -0.1) is 0 Å². The molecule has 0 spiro atoms. The Kier molecular flexibility index (Phi) is 4.08. The first kappa shape index (κ1) is 16.6. The Morgan fingerprint density at radius 1 is 1.08 bits per heavy atom. The van der Waals surface area contributed by atoms with Gasteiger partial charge in [0.1, 0.15) is 0 Å². The number of nitrogens with zero attached hydrogens (tertiary/aromatic N) is 1. The van der Waals surface area contributed by atoms with Gasteiger partial charge in [0.05, 0.1) is 9.79 Å². The van der Waals surface area contributed by atoms with E-state index in [0.717, 1.165) is 19.4 Å². The Balaban J connectivity index is 1.78. The van der Waals surface area contributed by atoms with Crippen LogP contribution in [0, 0.1) is 0 Å². The van der Waals surface area contributed by atoms with Crippen LogP contribution in [0.2, 0.25) is 0 Å². The Bertz CT molecular complexity index is 880. The monoisotopic (exact) mass is 356 g/mol. The smallest absolute Gasteiger partial charge is 0.206 e. The summed E-state index contributed by atoms with van der Waals surface area (Å²) >= 11 is 0. The largest absolute Gasteiger partial charge is 0.371 e. The van der Waals surface area contributed by atoms with Crippen LogP contribution in [0.5, 0.6) is 0 Å². The molecule has 2 aromatic carbocycles. The molecule has 132 valence electrons. The van der Waals surface area contributed by atoms with Gasteiger partial charge in [-0.1, -0.05) is 18.2 Å². The zero-order chi connectivity index (χ0) is 17.6. The molecule has 1 saturated heterocycles. The lowest BCUT2D eigenvalue weighted by Crippen LogP contribution is -2.31. The Morgan fingerprint density at radius 3 is 2.60 bits per heavy atom. The van der Waals surface area contributed by atoms with Gasteiger partial charge >= 0.3 is 0 Å². The lowest BCUT2D eigenvalue weighted by atomic mass is 9.89. The first-order valence-electron chi connectivity index (χ1n) is 8.89. The number of hydrogen-bond donors (Lipinski definition) is 1. The zero-order valence-electron chi connectivity index (χ0n) is 14.6. The summed E-state index contributed by atoms with van der Waals surface area (Å²) in [6.07, 6.45) is 2.12. The van der Waals surface area contributed by atoms with Crippen molar-refractivity contribution < 1.29 is 8.42 Å². The molecule has 4 rings (SSSR count). The van der Waals surface area contributed by atoms with E-state index in [1.54, 1.807) is 30.3 Å². The van der Waals surface area contributed by atoms with Crippen LogP contribution >= 0.6 is 0 Å². The maximum absolute atomic E-state index is 13.0.